The number of aromatic nitrogens is 2. The normalized spacial score (nSPS) is 20.4. The van der Waals surface area contributed by atoms with E-state index in [1.54, 1.807) is 0 Å². The summed E-state index contributed by atoms with van der Waals surface area (Å²) in [5, 5.41) is 0. The van der Waals surface area contributed by atoms with Crippen molar-refractivity contribution in [1.82, 2.24) is 14.9 Å². The number of carbonyl (C=O) groups excluding carboxylic acids is 1. The van der Waals surface area contributed by atoms with Gasteiger partial charge in [0.15, 0.2) is 0 Å². The van der Waals surface area contributed by atoms with Crippen LogP contribution in [0.15, 0.2) is 51.8 Å². The Labute approximate surface area is 243 Å². The number of benzene rings is 2. The monoisotopic (exact) mass is 606 g/mol. The zero-order chi connectivity index (χ0) is 27.3. The Balaban J connectivity index is 1.44. The molecule has 39 heavy (non-hydrogen) atoms. The number of anilines is 1. The summed E-state index contributed by atoms with van der Waals surface area (Å²) in [5.41, 5.74) is 5.34. The molecule has 0 saturated heterocycles. The first-order chi connectivity index (χ1) is 18.7. The van der Waals surface area contributed by atoms with Crippen LogP contribution >= 0.6 is 27.9 Å². The van der Waals surface area contributed by atoms with Crippen LogP contribution in [0.3, 0.4) is 0 Å². The number of hydrogen-bond donors (Lipinski definition) is 1. The van der Waals surface area contributed by atoms with Gasteiger partial charge in [0.05, 0.1) is 11.7 Å². The van der Waals surface area contributed by atoms with E-state index in [1.165, 1.54) is 24.8 Å². The topological polar surface area (TPSA) is 67.4 Å². The van der Waals surface area contributed by atoms with Gasteiger partial charge in [-0.05, 0) is 114 Å². The van der Waals surface area contributed by atoms with Crippen LogP contribution in [0.1, 0.15) is 67.4 Å². The molecule has 6 nitrogen and oxygen atoms in total. The third-order valence-corrected chi connectivity index (χ3v) is 9.84. The summed E-state index contributed by atoms with van der Waals surface area (Å²) >= 11 is 5.20. The molecule has 2 aromatic carbocycles. The van der Waals surface area contributed by atoms with Crippen molar-refractivity contribution in [2.24, 2.45) is 11.3 Å². The SMILES string of the molecule is Cc1cccc(C)c1-c1nc2nc(c1Br)OCC(CC(C)C)N(C1CC3(CC3)C1)C(=O)c1cccc(c1)SN2. The Hall–Kier alpha value is -2.58. The van der Waals surface area contributed by atoms with Gasteiger partial charge in [-0.15, -0.1) is 0 Å². The molecule has 4 bridgehead atoms. The molecule has 1 aliphatic heterocycles. The summed E-state index contributed by atoms with van der Waals surface area (Å²) in [7, 11) is 0. The van der Waals surface area contributed by atoms with Gasteiger partial charge in [0, 0.05) is 22.1 Å². The molecule has 2 heterocycles. The highest BCUT2D eigenvalue weighted by Gasteiger charge is 2.56. The van der Waals surface area contributed by atoms with E-state index >= 15 is 0 Å². The molecule has 1 aromatic heterocycles. The molecule has 1 spiro atoms. The van der Waals surface area contributed by atoms with Crippen LogP contribution in [-0.2, 0) is 0 Å². The molecule has 204 valence electrons. The minimum atomic E-state index is -0.0578. The molecule has 8 heteroatoms. The fraction of sp³-hybridized carbons (Fsp3) is 0.452. The van der Waals surface area contributed by atoms with E-state index in [2.05, 4.69) is 71.4 Å². The molecular weight excluding hydrogens is 572 g/mol. The number of halogens is 1. The van der Waals surface area contributed by atoms with Gasteiger partial charge in [0.2, 0.25) is 11.8 Å². The molecule has 1 unspecified atom stereocenters. The third-order valence-electron chi connectivity index (χ3n) is 8.35. The quantitative estimate of drug-likeness (QED) is 0.305. The van der Waals surface area contributed by atoms with E-state index in [9.17, 15) is 4.79 Å². The van der Waals surface area contributed by atoms with Crippen LogP contribution in [0.5, 0.6) is 5.88 Å². The summed E-state index contributed by atoms with van der Waals surface area (Å²) in [6.45, 7) is 9.00. The average Bonchev–Trinajstić information content (AvgIpc) is 3.68. The van der Waals surface area contributed by atoms with Gasteiger partial charge in [0.1, 0.15) is 11.1 Å². The highest BCUT2D eigenvalue weighted by Crippen LogP contribution is 2.62. The highest BCUT2D eigenvalue weighted by molar-refractivity contribution is 9.10. The van der Waals surface area contributed by atoms with Crippen molar-refractivity contribution in [1.29, 1.82) is 0 Å². The molecule has 2 saturated carbocycles. The van der Waals surface area contributed by atoms with Crippen LogP contribution in [0, 0.1) is 25.2 Å². The molecule has 1 amide bonds. The lowest BCUT2D eigenvalue weighted by Gasteiger charge is -2.47. The maximum absolute atomic E-state index is 14.1. The number of amides is 1. The van der Waals surface area contributed by atoms with Crippen molar-refractivity contribution in [3.05, 3.63) is 63.6 Å². The Morgan fingerprint density at radius 3 is 2.54 bits per heavy atom. The van der Waals surface area contributed by atoms with Gasteiger partial charge in [-0.2, -0.15) is 4.98 Å². The van der Waals surface area contributed by atoms with E-state index in [-0.39, 0.29) is 18.0 Å². The number of nitrogens with zero attached hydrogens (tertiary/aromatic N) is 3. The lowest BCUT2D eigenvalue weighted by Crippen LogP contribution is -2.55. The average molecular weight is 608 g/mol. The molecule has 2 aliphatic carbocycles. The first-order valence-corrected chi connectivity index (χ1v) is 15.5. The van der Waals surface area contributed by atoms with Gasteiger partial charge in [-0.3, -0.25) is 9.52 Å². The first kappa shape index (κ1) is 26.6. The highest BCUT2D eigenvalue weighted by atomic mass is 79.9. The van der Waals surface area contributed by atoms with E-state index in [0.29, 0.717) is 29.8 Å². The van der Waals surface area contributed by atoms with Crippen LogP contribution in [0.25, 0.3) is 11.3 Å². The van der Waals surface area contributed by atoms with Crippen molar-refractivity contribution < 1.29 is 9.53 Å². The van der Waals surface area contributed by atoms with E-state index in [1.807, 2.05) is 24.3 Å². The van der Waals surface area contributed by atoms with Crippen molar-refractivity contribution in [2.45, 2.75) is 76.8 Å². The van der Waals surface area contributed by atoms with Crippen molar-refractivity contribution >= 4 is 39.7 Å². The summed E-state index contributed by atoms with van der Waals surface area (Å²) in [4.78, 5) is 26.9. The number of aryl methyl sites for hydroxylation is 2. The van der Waals surface area contributed by atoms with E-state index in [4.69, 9.17) is 14.7 Å². The zero-order valence-corrected chi connectivity index (χ0v) is 25.4. The second kappa shape index (κ2) is 10.4. The van der Waals surface area contributed by atoms with Gasteiger partial charge >= 0.3 is 0 Å². The van der Waals surface area contributed by atoms with Crippen molar-refractivity contribution in [2.75, 3.05) is 11.3 Å². The second-order valence-electron chi connectivity index (χ2n) is 11.9. The molecule has 1 N–H and O–H groups in total. The van der Waals surface area contributed by atoms with Gasteiger partial charge < -0.3 is 9.64 Å². The zero-order valence-electron chi connectivity index (χ0n) is 23.0. The largest absolute Gasteiger partial charge is 0.475 e. The minimum Gasteiger partial charge on any atom is -0.475 e. The van der Waals surface area contributed by atoms with Gasteiger partial charge in [0.25, 0.3) is 5.91 Å². The number of nitrogens with one attached hydrogen (secondary N) is 1. The van der Waals surface area contributed by atoms with Gasteiger partial charge in [-0.25, -0.2) is 4.98 Å². The molecule has 3 aromatic rings. The Bertz CT molecular complexity index is 1400. The second-order valence-corrected chi connectivity index (χ2v) is 13.6. The third kappa shape index (κ3) is 5.30. The number of carbonyl (C=O) groups is 1. The maximum Gasteiger partial charge on any atom is 0.254 e. The molecule has 6 rings (SSSR count). The summed E-state index contributed by atoms with van der Waals surface area (Å²) < 4.78 is 10.6. The first-order valence-electron chi connectivity index (χ1n) is 13.9. The molecular formula is C31H35BrN4O2S. The Morgan fingerprint density at radius 2 is 1.85 bits per heavy atom. The molecule has 1 atom stereocenters. The van der Waals surface area contributed by atoms with E-state index in [0.717, 1.165) is 56.6 Å². The lowest BCUT2D eigenvalue weighted by molar-refractivity contribution is 0.00911. The van der Waals surface area contributed by atoms with Crippen molar-refractivity contribution in [3.63, 3.8) is 0 Å². The van der Waals surface area contributed by atoms with Crippen LogP contribution < -0.4 is 9.46 Å². The fourth-order valence-corrected chi connectivity index (χ4v) is 7.32. The molecule has 3 aliphatic rings. The Morgan fingerprint density at radius 1 is 1.13 bits per heavy atom. The fourth-order valence-electron chi connectivity index (χ4n) is 6.20. The standard InChI is InChI=1S/C31H35BrN4O2S/c1-18(2)13-22-17-38-28-26(32)27(25-19(3)7-5-8-20(25)4)33-30(34-28)35-39-24-10-6-9-21(14-24)29(37)36(22)23-15-31(16-23)11-12-31/h5-10,14,18,22-23H,11-13,15-17H2,1-4H3,(H,33,34,35). The number of hydrogen-bond acceptors (Lipinski definition) is 6. The summed E-state index contributed by atoms with van der Waals surface area (Å²) in [5.74, 6) is 1.47. The number of ether oxygens (including phenoxy) is 1. The van der Waals surface area contributed by atoms with Crippen LogP contribution in [-0.4, -0.2) is 39.5 Å². The molecule has 0 radical (unpaired) electrons. The van der Waals surface area contributed by atoms with Crippen LogP contribution in [0.2, 0.25) is 0 Å². The summed E-state index contributed by atoms with van der Waals surface area (Å²) in [6, 6.07) is 14.3. The predicted octanol–water partition coefficient (Wildman–Crippen LogP) is 7.83. The number of rotatable bonds is 4. The molecule has 2 fully saturated rings. The van der Waals surface area contributed by atoms with E-state index < -0.39 is 0 Å². The predicted molar refractivity (Wildman–Crippen MR) is 160 cm³/mol. The Kier molecular flexibility index (Phi) is 7.12. The smallest absolute Gasteiger partial charge is 0.254 e. The van der Waals surface area contributed by atoms with Gasteiger partial charge in [-0.1, -0.05) is 38.1 Å². The lowest BCUT2D eigenvalue weighted by atomic mass is 9.75. The minimum absolute atomic E-state index is 0.0578. The number of fused-ring (bicyclic) bond motifs is 4. The summed E-state index contributed by atoms with van der Waals surface area (Å²) in [6.07, 6.45) is 5.66. The van der Waals surface area contributed by atoms with Crippen LogP contribution in [0.4, 0.5) is 5.95 Å². The van der Waals surface area contributed by atoms with Crippen molar-refractivity contribution in [3.8, 4) is 17.1 Å². The maximum atomic E-state index is 14.1.